The Balaban J connectivity index is 2.14. The Morgan fingerprint density at radius 2 is 1.66 bits per heavy atom. The van der Waals surface area contributed by atoms with Gasteiger partial charge in [-0.1, -0.05) is 30.3 Å². The van der Waals surface area contributed by atoms with Gasteiger partial charge in [0.2, 0.25) is 0 Å². The highest BCUT2D eigenvalue weighted by atomic mass is 79.9. The van der Waals surface area contributed by atoms with Crippen molar-refractivity contribution in [1.29, 1.82) is 0 Å². The fourth-order valence-electron chi connectivity index (χ4n) is 2.68. The number of carbonyl (C=O) groups is 3. The molecule has 0 saturated heterocycles. The Kier molecular flexibility index (Phi) is 8.86. The third kappa shape index (κ3) is 7.34. The molecule has 0 aromatic heterocycles. The van der Waals surface area contributed by atoms with Crippen LogP contribution in [0.2, 0.25) is 0 Å². The van der Waals surface area contributed by atoms with E-state index in [0.29, 0.717) is 17.7 Å². The summed E-state index contributed by atoms with van der Waals surface area (Å²) in [5.74, 6) is -1.06. The van der Waals surface area contributed by atoms with E-state index in [2.05, 4.69) is 15.9 Å². The van der Waals surface area contributed by atoms with E-state index < -0.39 is 5.97 Å². The first kappa shape index (κ1) is 22.6. The Morgan fingerprint density at radius 3 is 2.24 bits per heavy atom. The number of nitrogens with zero attached hydrogens (tertiary/aromatic N) is 1. The summed E-state index contributed by atoms with van der Waals surface area (Å²) in [6.07, 6.45) is 0.772. The highest BCUT2D eigenvalue weighted by Gasteiger charge is 2.21. The Hall–Kier alpha value is -2.67. The van der Waals surface area contributed by atoms with Gasteiger partial charge in [-0.15, -0.1) is 0 Å². The standard InChI is InChI=1S/C22H24BrNO5/c1-3-28-21(26)15-24(22(27)18-7-5-4-6-8-18)19-12-9-17(10-13-19)11-14-20(25)29-16(2)23/h4-10,12-13,16H,3,11,14-15H2,1-2H3. The smallest absolute Gasteiger partial charge is 0.326 e. The topological polar surface area (TPSA) is 72.9 Å². The van der Waals surface area contributed by atoms with Crippen LogP contribution in [0.4, 0.5) is 5.69 Å². The predicted octanol–water partition coefficient (Wildman–Crippen LogP) is 4.11. The summed E-state index contributed by atoms with van der Waals surface area (Å²) in [5.41, 5.74) is 1.98. The first-order chi connectivity index (χ1) is 13.9. The molecule has 2 rings (SSSR count). The van der Waals surface area contributed by atoms with E-state index >= 15 is 0 Å². The van der Waals surface area contributed by atoms with Crippen LogP contribution in [-0.2, 0) is 25.5 Å². The van der Waals surface area contributed by atoms with Crippen molar-refractivity contribution in [2.75, 3.05) is 18.1 Å². The highest BCUT2D eigenvalue weighted by molar-refractivity contribution is 9.09. The number of hydrogen-bond acceptors (Lipinski definition) is 5. The van der Waals surface area contributed by atoms with Crippen LogP contribution in [0.5, 0.6) is 0 Å². The number of amides is 1. The molecule has 0 spiro atoms. The van der Waals surface area contributed by atoms with Crippen LogP contribution < -0.4 is 4.90 Å². The van der Waals surface area contributed by atoms with E-state index in [1.807, 2.05) is 18.2 Å². The molecule has 0 radical (unpaired) electrons. The van der Waals surface area contributed by atoms with Crippen LogP contribution in [0.15, 0.2) is 54.6 Å². The molecule has 29 heavy (non-hydrogen) atoms. The average Bonchev–Trinajstić information content (AvgIpc) is 2.71. The molecular weight excluding hydrogens is 438 g/mol. The molecule has 2 aromatic rings. The van der Waals surface area contributed by atoms with Crippen molar-refractivity contribution in [3.8, 4) is 0 Å². The second kappa shape index (κ2) is 11.4. The summed E-state index contributed by atoms with van der Waals surface area (Å²) >= 11 is 3.17. The lowest BCUT2D eigenvalue weighted by atomic mass is 10.1. The van der Waals surface area contributed by atoms with Gasteiger partial charge in [-0.2, -0.15) is 0 Å². The lowest BCUT2D eigenvalue weighted by Crippen LogP contribution is -2.36. The van der Waals surface area contributed by atoms with Crippen molar-refractivity contribution in [3.63, 3.8) is 0 Å². The Morgan fingerprint density at radius 1 is 1.00 bits per heavy atom. The molecule has 0 fully saturated rings. The first-order valence-corrected chi connectivity index (χ1v) is 10.3. The summed E-state index contributed by atoms with van der Waals surface area (Å²) in [7, 11) is 0. The monoisotopic (exact) mass is 461 g/mol. The Labute approximate surface area is 178 Å². The molecule has 0 heterocycles. The van der Waals surface area contributed by atoms with Gasteiger partial charge in [-0.05, 0) is 66.0 Å². The third-order valence-corrected chi connectivity index (χ3v) is 4.20. The van der Waals surface area contributed by atoms with Gasteiger partial charge < -0.3 is 9.47 Å². The molecule has 0 aliphatic rings. The number of carbonyl (C=O) groups excluding carboxylic acids is 3. The zero-order chi connectivity index (χ0) is 21.2. The molecule has 1 amide bonds. The fourth-order valence-corrected chi connectivity index (χ4v) is 2.89. The molecule has 7 heteroatoms. The SMILES string of the molecule is CCOC(=O)CN(C(=O)c1ccccc1)c1ccc(CCC(=O)OC(C)Br)cc1. The summed E-state index contributed by atoms with van der Waals surface area (Å²) < 4.78 is 10.1. The number of rotatable bonds is 9. The number of esters is 2. The zero-order valence-corrected chi connectivity index (χ0v) is 18.1. The van der Waals surface area contributed by atoms with Crippen molar-refractivity contribution >= 4 is 39.5 Å². The lowest BCUT2D eigenvalue weighted by molar-refractivity contribution is -0.144. The number of ether oxygens (including phenoxy) is 2. The molecule has 0 bridgehead atoms. The molecule has 0 saturated carbocycles. The maximum absolute atomic E-state index is 12.9. The second-order valence-corrected chi connectivity index (χ2v) is 7.55. The minimum absolute atomic E-state index is 0.184. The summed E-state index contributed by atoms with van der Waals surface area (Å²) in [6, 6.07) is 15.9. The molecule has 0 N–H and O–H groups in total. The minimum atomic E-state index is -0.479. The van der Waals surface area contributed by atoms with Crippen molar-refractivity contribution < 1.29 is 23.9 Å². The summed E-state index contributed by atoms with van der Waals surface area (Å²) in [6.45, 7) is 3.51. The highest BCUT2D eigenvalue weighted by Crippen LogP contribution is 2.19. The molecule has 6 nitrogen and oxygen atoms in total. The van der Waals surface area contributed by atoms with Crippen molar-refractivity contribution in [2.45, 2.75) is 31.7 Å². The zero-order valence-electron chi connectivity index (χ0n) is 16.5. The Bertz CT molecular complexity index is 821. The van der Waals surface area contributed by atoms with Crippen molar-refractivity contribution in [1.82, 2.24) is 0 Å². The largest absolute Gasteiger partial charge is 0.465 e. The van der Waals surface area contributed by atoms with Crippen LogP contribution in [0.3, 0.4) is 0 Å². The maximum atomic E-state index is 12.9. The van der Waals surface area contributed by atoms with Gasteiger partial charge in [0.05, 0.1) is 6.61 Å². The number of hydrogen-bond donors (Lipinski definition) is 0. The van der Waals surface area contributed by atoms with Gasteiger partial charge in [0.15, 0.2) is 5.01 Å². The van der Waals surface area contributed by atoms with Gasteiger partial charge in [0.1, 0.15) is 6.54 Å². The van der Waals surface area contributed by atoms with Crippen LogP contribution in [-0.4, -0.2) is 36.0 Å². The number of aryl methyl sites for hydroxylation is 1. The van der Waals surface area contributed by atoms with Crippen LogP contribution >= 0.6 is 15.9 Å². The number of benzene rings is 2. The van der Waals surface area contributed by atoms with Gasteiger partial charge in [0.25, 0.3) is 5.91 Å². The van der Waals surface area contributed by atoms with Crippen LogP contribution in [0, 0.1) is 0 Å². The van der Waals surface area contributed by atoms with Crippen molar-refractivity contribution in [2.24, 2.45) is 0 Å². The molecule has 0 aliphatic heterocycles. The number of alkyl halides is 1. The first-order valence-electron chi connectivity index (χ1n) is 9.35. The molecule has 2 aromatic carbocycles. The van der Waals surface area contributed by atoms with Gasteiger partial charge in [0, 0.05) is 17.7 Å². The van der Waals surface area contributed by atoms with E-state index in [0.717, 1.165) is 5.56 Å². The minimum Gasteiger partial charge on any atom is -0.465 e. The van der Waals surface area contributed by atoms with Gasteiger partial charge in [-0.25, -0.2) is 0 Å². The summed E-state index contributed by atoms with van der Waals surface area (Å²) in [4.78, 5) is 38.0. The predicted molar refractivity (Wildman–Crippen MR) is 114 cm³/mol. The normalized spacial score (nSPS) is 11.4. The average molecular weight is 462 g/mol. The number of halogens is 1. The van der Waals surface area contributed by atoms with Gasteiger partial charge in [-0.3, -0.25) is 19.3 Å². The van der Waals surface area contributed by atoms with E-state index in [4.69, 9.17) is 9.47 Å². The molecule has 0 aliphatic carbocycles. The quantitative estimate of drug-likeness (QED) is 0.414. The number of anilines is 1. The lowest BCUT2D eigenvalue weighted by Gasteiger charge is -2.22. The summed E-state index contributed by atoms with van der Waals surface area (Å²) in [5, 5.41) is -0.321. The molecular formula is C22H24BrNO5. The van der Waals surface area contributed by atoms with E-state index in [9.17, 15) is 14.4 Å². The third-order valence-electron chi connectivity index (χ3n) is 4.02. The molecule has 1 unspecified atom stereocenters. The second-order valence-electron chi connectivity index (χ2n) is 6.26. The fraction of sp³-hybridized carbons (Fsp3) is 0.318. The molecule has 1 atom stereocenters. The van der Waals surface area contributed by atoms with Crippen LogP contribution in [0.1, 0.15) is 36.2 Å². The van der Waals surface area contributed by atoms with Crippen molar-refractivity contribution in [3.05, 3.63) is 65.7 Å². The maximum Gasteiger partial charge on any atom is 0.326 e. The van der Waals surface area contributed by atoms with E-state index in [-0.39, 0.29) is 36.5 Å². The molecule has 154 valence electrons. The van der Waals surface area contributed by atoms with Crippen LogP contribution in [0.25, 0.3) is 0 Å². The van der Waals surface area contributed by atoms with Gasteiger partial charge >= 0.3 is 11.9 Å². The van der Waals surface area contributed by atoms with E-state index in [1.165, 1.54) is 4.90 Å². The van der Waals surface area contributed by atoms with E-state index in [1.54, 1.807) is 50.2 Å².